The average Bonchev–Trinajstić information content (AvgIpc) is 2.10. The lowest BCUT2D eigenvalue weighted by molar-refractivity contribution is -0.342. The van der Waals surface area contributed by atoms with Crippen LogP contribution in [0.5, 0.6) is 0 Å². The molecule has 0 aliphatic rings. The van der Waals surface area contributed by atoms with Gasteiger partial charge in [-0.3, -0.25) is 0 Å². The normalized spacial score (nSPS) is 16.1. The van der Waals surface area contributed by atoms with E-state index in [-0.39, 0.29) is 6.42 Å². The number of alkyl halides is 8. The minimum Gasteiger partial charge on any atom is -0.224 e. The number of unbranched alkanes of at least 4 members (excludes halogenated alkanes) is 1. The lowest BCUT2D eigenvalue weighted by Gasteiger charge is -2.31. The summed E-state index contributed by atoms with van der Waals surface area (Å²) in [5.74, 6) is 0. The van der Waals surface area contributed by atoms with E-state index in [1.54, 1.807) is 6.92 Å². The molecule has 0 saturated carbocycles. The van der Waals surface area contributed by atoms with Gasteiger partial charge in [-0.05, 0) is 6.42 Å². The maximum Gasteiger partial charge on any atom is 0.431 e. The van der Waals surface area contributed by atoms with Crippen molar-refractivity contribution in [2.45, 2.75) is 54.6 Å². The highest BCUT2D eigenvalue weighted by Gasteiger charge is 2.72. The minimum atomic E-state index is -5.93. The van der Waals surface area contributed by atoms with Gasteiger partial charge in [0.25, 0.3) is 5.67 Å². The van der Waals surface area contributed by atoms with E-state index >= 15 is 0 Å². The third-order valence-electron chi connectivity index (χ3n) is 2.27. The first-order chi connectivity index (χ1) is 7.45. The fraction of sp³-hybridized carbons (Fsp3) is 1.00. The lowest BCUT2D eigenvalue weighted by atomic mass is 9.96. The Kier molecular flexibility index (Phi) is 6.00. The summed E-state index contributed by atoms with van der Waals surface area (Å²) in [6.45, 7) is 1.75. The Labute approximate surface area is 108 Å². The molecule has 0 rings (SSSR count). The third-order valence-corrected chi connectivity index (χ3v) is 3.34. The zero-order valence-corrected chi connectivity index (χ0v) is 11.1. The van der Waals surface area contributed by atoms with Crippen molar-refractivity contribution in [3.63, 3.8) is 0 Å². The predicted molar refractivity (Wildman–Crippen MR) is 57.9 cm³/mol. The first-order valence-electron chi connectivity index (χ1n) is 4.92. The van der Waals surface area contributed by atoms with Gasteiger partial charge in [-0.25, -0.2) is 4.39 Å². The largest absolute Gasteiger partial charge is 0.431 e. The Bertz CT molecular complexity index is 218. The summed E-state index contributed by atoms with van der Waals surface area (Å²) < 4.78 is 85.3. The van der Waals surface area contributed by atoms with Gasteiger partial charge in [-0.1, -0.05) is 42.4 Å². The van der Waals surface area contributed by atoms with Crippen LogP contribution in [0.15, 0.2) is 0 Å². The van der Waals surface area contributed by atoms with E-state index in [4.69, 9.17) is 0 Å². The number of rotatable bonds is 5. The van der Waals surface area contributed by atoms with Crippen LogP contribution in [-0.2, 0) is 0 Å². The van der Waals surface area contributed by atoms with Gasteiger partial charge in [0, 0.05) is 10.3 Å². The second kappa shape index (κ2) is 5.92. The van der Waals surface area contributed by atoms with E-state index in [0.717, 1.165) is 0 Å². The standard InChI is InChI=1S/C9H12F7I/c1-2-3-4-6(17)5-7(10,8(11,12)13)9(14,15)16/h6H,2-5H2,1H3/t6-/m0/s1. The lowest BCUT2D eigenvalue weighted by Crippen LogP contribution is -2.54. The molecule has 8 heteroatoms. The van der Waals surface area contributed by atoms with Gasteiger partial charge in [0.2, 0.25) is 0 Å². The summed E-state index contributed by atoms with van der Waals surface area (Å²) in [5.41, 5.74) is -5.11. The number of hydrogen-bond donors (Lipinski definition) is 0. The van der Waals surface area contributed by atoms with Gasteiger partial charge in [-0.15, -0.1) is 0 Å². The molecule has 104 valence electrons. The van der Waals surface area contributed by atoms with Crippen LogP contribution < -0.4 is 0 Å². The van der Waals surface area contributed by atoms with Crippen LogP contribution in [0, 0.1) is 0 Å². The van der Waals surface area contributed by atoms with E-state index in [0.29, 0.717) is 12.8 Å². The van der Waals surface area contributed by atoms with Crippen molar-refractivity contribution in [2.75, 3.05) is 0 Å². The molecule has 0 unspecified atom stereocenters. The smallest absolute Gasteiger partial charge is 0.224 e. The Hall–Kier alpha value is 0.240. The van der Waals surface area contributed by atoms with Gasteiger partial charge in [0.05, 0.1) is 0 Å². The van der Waals surface area contributed by atoms with E-state index < -0.39 is 28.4 Å². The summed E-state index contributed by atoms with van der Waals surface area (Å²) in [4.78, 5) is 0. The SMILES string of the molecule is CCCC[C@H](I)CC(F)(C(F)(F)F)C(F)(F)F. The van der Waals surface area contributed by atoms with E-state index in [2.05, 4.69) is 0 Å². The molecule has 0 aliphatic heterocycles. The third kappa shape index (κ3) is 4.44. The number of halogens is 8. The van der Waals surface area contributed by atoms with Gasteiger partial charge in [0.15, 0.2) is 0 Å². The topological polar surface area (TPSA) is 0 Å². The van der Waals surface area contributed by atoms with Crippen molar-refractivity contribution in [3.05, 3.63) is 0 Å². The molecule has 0 aliphatic carbocycles. The predicted octanol–water partition coefficient (Wildman–Crippen LogP) is 5.20. The van der Waals surface area contributed by atoms with E-state index in [1.807, 2.05) is 0 Å². The molecular weight excluding hydrogens is 368 g/mol. The summed E-state index contributed by atoms with van der Waals surface area (Å²) in [7, 11) is 0. The molecule has 0 fully saturated rings. The quantitative estimate of drug-likeness (QED) is 0.349. The molecule has 17 heavy (non-hydrogen) atoms. The fourth-order valence-electron chi connectivity index (χ4n) is 1.23. The fourth-order valence-corrected chi connectivity index (χ4v) is 2.27. The van der Waals surface area contributed by atoms with Gasteiger partial charge < -0.3 is 0 Å². The molecular formula is C9H12F7I. The van der Waals surface area contributed by atoms with E-state index in [9.17, 15) is 30.7 Å². The summed E-state index contributed by atoms with van der Waals surface area (Å²) >= 11 is 1.43. The van der Waals surface area contributed by atoms with Crippen LogP contribution in [0.25, 0.3) is 0 Å². The molecule has 0 saturated heterocycles. The van der Waals surface area contributed by atoms with Crippen LogP contribution in [0.3, 0.4) is 0 Å². The Morgan fingerprint density at radius 2 is 1.35 bits per heavy atom. The first kappa shape index (κ1) is 17.2. The zero-order valence-electron chi connectivity index (χ0n) is 8.93. The highest BCUT2D eigenvalue weighted by atomic mass is 127. The Morgan fingerprint density at radius 1 is 0.941 bits per heavy atom. The summed E-state index contributed by atoms with van der Waals surface area (Å²) in [6, 6.07) is 0. The molecule has 0 spiro atoms. The van der Waals surface area contributed by atoms with Crippen molar-refractivity contribution in [2.24, 2.45) is 0 Å². The van der Waals surface area contributed by atoms with Crippen molar-refractivity contribution in [1.29, 1.82) is 0 Å². The summed E-state index contributed by atoms with van der Waals surface area (Å²) in [6.07, 6.45) is -12.2. The van der Waals surface area contributed by atoms with Crippen LogP contribution >= 0.6 is 22.6 Å². The summed E-state index contributed by atoms with van der Waals surface area (Å²) in [5, 5.41) is 0. The number of hydrogen-bond acceptors (Lipinski definition) is 0. The highest BCUT2D eigenvalue weighted by Crippen LogP contribution is 2.50. The van der Waals surface area contributed by atoms with Crippen molar-refractivity contribution in [3.8, 4) is 0 Å². The van der Waals surface area contributed by atoms with Crippen LogP contribution in [0.1, 0.15) is 32.6 Å². The average molecular weight is 380 g/mol. The maximum absolute atomic E-state index is 13.2. The molecule has 0 N–H and O–H groups in total. The van der Waals surface area contributed by atoms with Crippen molar-refractivity contribution in [1.82, 2.24) is 0 Å². The molecule has 0 heterocycles. The zero-order chi connectivity index (χ0) is 13.9. The monoisotopic (exact) mass is 380 g/mol. The molecule has 0 aromatic rings. The molecule has 0 amide bonds. The van der Waals surface area contributed by atoms with Gasteiger partial charge in [0.1, 0.15) is 0 Å². The molecule has 1 atom stereocenters. The molecule has 0 aromatic heterocycles. The van der Waals surface area contributed by atoms with E-state index in [1.165, 1.54) is 22.6 Å². The molecule has 0 nitrogen and oxygen atoms in total. The molecule has 0 aromatic carbocycles. The van der Waals surface area contributed by atoms with Crippen LogP contribution in [-0.4, -0.2) is 21.9 Å². The molecule has 0 bridgehead atoms. The van der Waals surface area contributed by atoms with Crippen molar-refractivity contribution < 1.29 is 30.7 Å². The first-order valence-corrected chi connectivity index (χ1v) is 6.16. The van der Waals surface area contributed by atoms with Crippen LogP contribution in [0.4, 0.5) is 30.7 Å². The highest BCUT2D eigenvalue weighted by molar-refractivity contribution is 14.1. The minimum absolute atomic E-state index is 0.134. The second-order valence-electron chi connectivity index (χ2n) is 3.74. The maximum atomic E-state index is 13.2. The van der Waals surface area contributed by atoms with Gasteiger partial charge >= 0.3 is 12.4 Å². The van der Waals surface area contributed by atoms with Crippen LogP contribution in [0.2, 0.25) is 0 Å². The van der Waals surface area contributed by atoms with Crippen molar-refractivity contribution >= 4 is 22.6 Å². The molecule has 0 radical (unpaired) electrons. The van der Waals surface area contributed by atoms with Gasteiger partial charge in [-0.2, -0.15) is 26.3 Å². The Morgan fingerprint density at radius 3 is 1.65 bits per heavy atom. The second-order valence-corrected chi connectivity index (χ2v) is 5.50. The Balaban J connectivity index is 4.86.